The van der Waals surface area contributed by atoms with Gasteiger partial charge in [-0.2, -0.15) is 0 Å². The van der Waals surface area contributed by atoms with Crippen LogP contribution in [0, 0.1) is 11.5 Å². The van der Waals surface area contributed by atoms with Gasteiger partial charge >= 0.3 is 0 Å². The minimum Gasteiger partial charge on any atom is -0.388 e. The largest absolute Gasteiger partial charge is 0.388 e. The molecule has 2 fully saturated rings. The van der Waals surface area contributed by atoms with Gasteiger partial charge in [0.25, 0.3) is 6.26 Å². The lowest BCUT2D eigenvalue weighted by Crippen LogP contribution is -2.48. The van der Waals surface area contributed by atoms with Gasteiger partial charge in [-0.15, -0.1) is 5.26 Å². The fraction of sp³-hybridized carbons (Fsp3) is 0.591. The van der Waals surface area contributed by atoms with Crippen LogP contribution in [-0.2, 0) is 0 Å². The van der Waals surface area contributed by atoms with Crippen LogP contribution in [0.4, 0.5) is 5.69 Å². The van der Waals surface area contributed by atoms with Gasteiger partial charge in [-0.3, -0.25) is 4.90 Å². The summed E-state index contributed by atoms with van der Waals surface area (Å²) in [6, 6.07) is 8.48. The minimum absolute atomic E-state index is 0.596. The molecule has 1 saturated carbocycles. The monoisotopic (exact) mass is 368 g/mol. The predicted octanol–water partition coefficient (Wildman–Crippen LogP) is 3.84. The van der Waals surface area contributed by atoms with E-state index in [1.165, 1.54) is 43.5 Å². The van der Waals surface area contributed by atoms with Gasteiger partial charge < -0.3 is 14.5 Å². The van der Waals surface area contributed by atoms with Gasteiger partial charge in [-0.1, -0.05) is 25.8 Å². The van der Waals surface area contributed by atoms with E-state index in [2.05, 4.69) is 28.2 Å². The maximum Gasteiger partial charge on any atom is 0.292 e. The summed E-state index contributed by atoms with van der Waals surface area (Å²) in [5, 5.41) is 8.58. The highest BCUT2D eigenvalue weighted by molar-refractivity contribution is 5.49. The second-order valence-electron chi connectivity index (χ2n) is 7.59. The predicted molar refractivity (Wildman–Crippen MR) is 110 cm³/mol. The number of nitrogens with zero attached hydrogens (tertiary/aromatic N) is 4. The summed E-state index contributed by atoms with van der Waals surface area (Å²) in [4.78, 5) is 7.48. The van der Waals surface area contributed by atoms with Crippen molar-refractivity contribution in [3.8, 4) is 12.0 Å². The molecule has 1 aliphatic carbocycles. The van der Waals surface area contributed by atoms with Crippen molar-refractivity contribution in [1.82, 2.24) is 9.80 Å². The third-order valence-corrected chi connectivity index (χ3v) is 5.91. The first-order valence-electron chi connectivity index (χ1n) is 10.3. The topological polar surface area (TPSA) is 42.7 Å². The minimum atomic E-state index is 0.596. The van der Waals surface area contributed by atoms with Gasteiger partial charge in [0, 0.05) is 56.7 Å². The molecule has 5 nitrogen and oxygen atoms in total. The summed E-state index contributed by atoms with van der Waals surface area (Å²) in [5.41, 5.74) is 2.48. The van der Waals surface area contributed by atoms with Crippen LogP contribution in [0.1, 0.15) is 39.0 Å². The van der Waals surface area contributed by atoms with Gasteiger partial charge in [-0.25, -0.2) is 0 Å². The Morgan fingerprint density at radius 2 is 1.81 bits per heavy atom. The van der Waals surface area contributed by atoms with Crippen LogP contribution in [0.2, 0.25) is 0 Å². The van der Waals surface area contributed by atoms with Crippen molar-refractivity contribution in [3.05, 3.63) is 36.5 Å². The molecule has 0 N–H and O–H groups in total. The third-order valence-electron chi connectivity index (χ3n) is 5.91. The maximum atomic E-state index is 8.58. The normalized spacial score (nSPS) is 18.7. The number of likely N-dealkylation sites (N-methyl/N-ethyl adjacent to an activating group) is 1. The number of nitriles is 1. The van der Waals surface area contributed by atoms with Gasteiger partial charge in [0.05, 0.1) is 0 Å². The lowest BCUT2D eigenvalue weighted by atomic mass is 9.94. The van der Waals surface area contributed by atoms with Crippen LogP contribution in [0.25, 0.3) is 0 Å². The summed E-state index contributed by atoms with van der Waals surface area (Å²) in [6.07, 6.45) is 8.49. The Morgan fingerprint density at radius 1 is 1.15 bits per heavy atom. The van der Waals surface area contributed by atoms with Crippen molar-refractivity contribution in [3.63, 3.8) is 0 Å². The Morgan fingerprint density at radius 3 is 2.41 bits per heavy atom. The number of hydrogen-bond acceptors (Lipinski definition) is 5. The third kappa shape index (κ3) is 5.17. The molecule has 1 aromatic rings. The SMILES string of the molecule is C=C(CN1CCN(c2ccc(OC#N)cc2)CC1)N(CC)C1CCCCC1. The van der Waals surface area contributed by atoms with E-state index in [1.807, 2.05) is 24.3 Å². The summed E-state index contributed by atoms with van der Waals surface area (Å²) in [5.74, 6) is 0.596. The van der Waals surface area contributed by atoms with E-state index in [4.69, 9.17) is 10.00 Å². The van der Waals surface area contributed by atoms with Crippen LogP contribution in [0.5, 0.6) is 5.75 Å². The fourth-order valence-electron chi connectivity index (χ4n) is 4.42. The Hall–Kier alpha value is -2.19. The molecule has 1 aromatic carbocycles. The Labute approximate surface area is 163 Å². The molecule has 5 heteroatoms. The van der Waals surface area contributed by atoms with Crippen molar-refractivity contribution in [2.45, 2.75) is 45.1 Å². The molecule has 1 saturated heterocycles. The molecule has 0 aromatic heterocycles. The number of benzene rings is 1. The molecule has 0 amide bonds. The van der Waals surface area contributed by atoms with Gasteiger partial charge in [0.15, 0.2) is 0 Å². The average molecular weight is 369 g/mol. The molecule has 0 spiro atoms. The van der Waals surface area contributed by atoms with Crippen LogP contribution in [0.3, 0.4) is 0 Å². The Balaban J connectivity index is 1.48. The maximum absolute atomic E-state index is 8.58. The molecular formula is C22H32N4O. The van der Waals surface area contributed by atoms with E-state index in [0.29, 0.717) is 11.8 Å². The standard InChI is InChI=1S/C22H32N4O/c1-3-26(21-7-5-4-6-8-21)19(2)17-24-13-15-25(16-14-24)20-9-11-22(12-10-20)27-18-23/h9-12,21H,2-8,13-17H2,1H3. The lowest BCUT2D eigenvalue weighted by Gasteiger charge is -2.40. The molecule has 1 heterocycles. The number of piperazine rings is 1. The first-order valence-corrected chi connectivity index (χ1v) is 10.3. The Kier molecular flexibility index (Phi) is 7.00. The zero-order valence-corrected chi connectivity index (χ0v) is 16.6. The van der Waals surface area contributed by atoms with Crippen LogP contribution in [-0.4, -0.2) is 55.1 Å². The summed E-state index contributed by atoms with van der Waals surface area (Å²) < 4.78 is 4.86. The van der Waals surface area contributed by atoms with Crippen molar-refractivity contribution in [1.29, 1.82) is 5.26 Å². The van der Waals surface area contributed by atoms with Crippen molar-refractivity contribution in [2.75, 3.05) is 44.2 Å². The summed E-state index contributed by atoms with van der Waals surface area (Å²) in [6.45, 7) is 12.9. The molecule has 0 bridgehead atoms. The number of ether oxygens (including phenoxy) is 1. The van der Waals surface area contributed by atoms with E-state index in [1.54, 1.807) is 6.26 Å². The van der Waals surface area contributed by atoms with Crippen LogP contribution < -0.4 is 9.64 Å². The van der Waals surface area contributed by atoms with E-state index < -0.39 is 0 Å². The highest BCUT2D eigenvalue weighted by Crippen LogP contribution is 2.26. The smallest absolute Gasteiger partial charge is 0.292 e. The number of rotatable bonds is 7. The molecular weight excluding hydrogens is 336 g/mol. The van der Waals surface area contributed by atoms with Crippen LogP contribution >= 0.6 is 0 Å². The number of hydrogen-bond donors (Lipinski definition) is 0. The second-order valence-corrected chi connectivity index (χ2v) is 7.59. The van der Waals surface area contributed by atoms with E-state index >= 15 is 0 Å². The highest BCUT2D eigenvalue weighted by atomic mass is 16.5. The van der Waals surface area contributed by atoms with Crippen molar-refractivity contribution >= 4 is 5.69 Å². The lowest BCUT2D eigenvalue weighted by molar-refractivity contribution is 0.179. The van der Waals surface area contributed by atoms with Gasteiger partial charge in [-0.05, 0) is 44.0 Å². The van der Waals surface area contributed by atoms with Crippen molar-refractivity contribution in [2.24, 2.45) is 0 Å². The molecule has 2 aliphatic rings. The molecule has 1 aliphatic heterocycles. The molecule has 27 heavy (non-hydrogen) atoms. The number of anilines is 1. The van der Waals surface area contributed by atoms with Crippen molar-refractivity contribution < 1.29 is 4.74 Å². The van der Waals surface area contributed by atoms with Crippen LogP contribution in [0.15, 0.2) is 36.5 Å². The van der Waals surface area contributed by atoms with E-state index in [0.717, 1.165) is 39.3 Å². The molecule has 3 rings (SSSR count). The molecule has 146 valence electrons. The average Bonchev–Trinajstić information content (AvgIpc) is 2.71. The zero-order valence-electron chi connectivity index (χ0n) is 16.6. The molecule has 0 unspecified atom stereocenters. The van der Waals surface area contributed by atoms with Gasteiger partial charge in [0.2, 0.25) is 0 Å². The fourth-order valence-corrected chi connectivity index (χ4v) is 4.42. The Bertz CT molecular complexity index is 637. The van der Waals surface area contributed by atoms with E-state index in [9.17, 15) is 0 Å². The van der Waals surface area contributed by atoms with E-state index in [-0.39, 0.29) is 0 Å². The highest BCUT2D eigenvalue weighted by Gasteiger charge is 2.23. The first-order chi connectivity index (χ1) is 13.2. The summed E-state index contributed by atoms with van der Waals surface area (Å²) in [7, 11) is 0. The molecule has 0 radical (unpaired) electrons. The summed E-state index contributed by atoms with van der Waals surface area (Å²) >= 11 is 0. The second kappa shape index (κ2) is 9.66. The molecule has 0 atom stereocenters. The quantitative estimate of drug-likeness (QED) is 0.684. The van der Waals surface area contributed by atoms with Gasteiger partial charge in [0.1, 0.15) is 5.75 Å². The first kappa shape index (κ1) is 19.6. The zero-order chi connectivity index (χ0) is 19.1.